The molecule has 0 saturated heterocycles. The summed E-state index contributed by atoms with van der Waals surface area (Å²) in [6, 6.07) is 0. The highest BCUT2D eigenvalue weighted by atomic mass is 79.9. The third-order valence-corrected chi connectivity index (χ3v) is 3.23. The molecule has 1 aromatic heterocycles. The quantitative estimate of drug-likeness (QED) is 0.742. The van der Waals surface area contributed by atoms with Gasteiger partial charge in [0.15, 0.2) is 0 Å². The number of rotatable bonds is 3. The van der Waals surface area contributed by atoms with Gasteiger partial charge in [0.25, 0.3) is 5.56 Å². The van der Waals surface area contributed by atoms with Crippen molar-refractivity contribution >= 4 is 21.6 Å². The Labute approximate surface area is 101 Å². The molecule has 16 heavy (non-hydrogen) atoms. The van der Waals surface area contributed by atoms with Gasteiger partial charge in [-0.3, -0.25) is 10.2 Å². The molecule has 0 amide bonds. The number of hydrazine groups is 1. The molecule has 1 heterocycles. The average Bonchev–Trinajstić information content (AvgIpc) is 2.32. The van der Waals surface area contributed by atoms with Crippen LogP contribution in [0.5, 0.6) is 0 Å². The van der Waals surface area contributed by atoms with Crippen LogP contribution in [0, 0.1) is 0 Å². The number of H-pyrrole nitrogens is 1. The highest BCUT2D eigenvalue weighted by Crippen LogP contribution is 2.17. The second kappa shape index (κ2) is 5.16. The van der Waals surface area contributed by atoms with Crippen LogP contribution in [0.25, 0.3) is 0 Å². The smallest absolute Gasteiger partial charge is 0.280 e. The Morgan fingerprint density at radius 1 is 1.38 bits per heavy atom. The summed E-state index contributed by atoms with van der Waals surface area (Å²) in [5.74, 6) is 0. The van der Waals surface area contributed by atoms with Gasteiger partial charge >= 0.3 is 0 Å². The van der Waals surface area contributed by atoms with Gasteiger partial charge in [0.2, 0.25) is 0 Å². The predicted molar refractivity (Wildman–Crippen MR) is 65.9 cm³/mol. The van der Waals surface area contributed by atoms with Crippen molar-refractivity contribution in [2.24, 2.45) is 0 Å². The Kier molecular flexibility index (Phi) is 3.61. The summed E-state index contributed by atoms with van der Waals surface area (Å²) in [4.78, 5) is 11.2. The van der Waals surface area contributed by atoms with E-state index in [-0.39, 0.29) is 5.56 Å². The van der Waals surface area contributed by atoms with E-state index in [0.29, 0.717) is 10.2 Å². The molecule has 6 heteroatoms. The zero-order valence-corrected chi connectivity index (χ0v) is 10.3. The molecule has 0 atom stereocenters. The van der Waals surface area contributed by atoms with Crippen molar-refractivity contribution < 1.29 is 0 Å². The van der Waals surface area contributed by atoms with Crippen LogP contribution in [0.3, 0.4) is 0 Å². The van der Waals surface area contributed by atoms with E-state index in [9.17, 15) is 4.79 Å². The Morgan fingerprint density at radius 3 is 3.00 bits per heavy atom. The van der Waals surface area contributed by atoms with Crippen LogP contribution in [0.2, 0.25) is 0 Å². The van der Waals surface area contributed by atoms with E-state index >= 15 is 0 Å². The summed E-state index contributed by atoms with van der Waals surface area (Å²) in [6.45, 7) is 0. The molecule has 2 rings (SSSR count). The maximum Gasteiger partial charge on any atom is 0.280 e. The maximum absolute atomic E-state index is 11.2. The van der Waals surface area contributed by atoms with Crippen LogP contribution in [0.4, 0.5) is 5.69 Å². The van der Waals surface area contributed by atoms with Gasteiger partial charge in [0.05, 0.1) is 11.9 Å². The van der Waals surface area contributed by atoms with Crippen molar-refractivity contribution in [2.75, 3.05) is 5.43 Å². The molecule has 3 N–H and O–H groups in total. The number of anilines is 1. The minimum Gasteiger partial charge on any atom is -0.305 e. The molecule has 1 aromatic rings. The van der Waals surface area contributed by atoms with Crippen molar-refractivity contribution in [3.8, 4) is 0 Å². The molecule has 5 nitrogen and oxygen atoms in total. The fourth-order valence-corrected chi connectivity index (χ4v) is 1.86. The zero-order valence-electron chi connectivity index (χ0n) is 8.72. The number of hydrogen-bond donors (Lipinski definition) is 3. The van der Waals surface area contributed by atoms with Crippen LogP contribution < -0.4 is 16.4 Å². The molecule has 0 fully saturated rings. The normalized spacial score (nSPS) is 15.4. The van der Waals surface area contributed by atoms with E-state index < -0.39 is 0 Å². The van der Waals surface area contributed by atoms with Crippen molar-refractivity contribution in [1.29, 1.82) is 0 Å². The second-order valence-electron chi connectivity index (χ2n) is 3.65. The van der Waals surface area contributed by atoms with E-state index in [1.807, 2.05) is 0 Å². The lowest BCUT2D eigenvalue weighted by Gasteiger charge is -2.16. The molecule has 1 aliphatic rings. The molecule has 1 aliphatic carbocycles. The summed E-state index contributed by atoms with van der Waals surface area (Å²) in [5, 5.41) is 6.06. The molecule has 0 aromatic carbocycles. The van der Waals surface area contributed by atoms with Gasteiger partial charge in [0, 0.05) is 5.70 Å². The average molecular weight is 285 g/mol. The van der Waals surface area contributed by atoms with Crippen molar-refractivity contribution in [3.63, 3.8) is 0 Å². The Bertz CT molecular complexity index is 454. The second-order valence-corrected chi connectivity index (χ2v) is 4.44. The lowest BCUT2D eigenvalue weighted by atomic mass is 10.1. The molecule has 0 unspecified atom stereocenters. The van der Waals surface area contributed by atoms with Crippen LogP contribution in [0.15, 0.2) is 27.2 Å². The number of aromatic nitrogens is 2. The monoisotopic (exact) mass is 284 g/mol. The summed E-state index contributed by atoms with van der Waals surface area (Å²) in [7, 11) is 0. The first kappa shape index (κ1) is 11.2. The van der Waals surface area contributed by atoms with E-state index in [4.69, 9.17) is 0 Å². The first-order chi connectivity index (χ1) is 7.77. The standard InChI is InChI=1S/C10H13BrN4O/c11-9-8(6-12-15-10(9)16)14-13-7-4-2-1-3-5-7/h4,6,13H,1-3,5H2,(H2,14,15,16). The SMILES string of the molecule is O=c1[nH]ncc(NNC2=CCCCC2)c1Br. The number of nitrogens with one attached hydrogen (secondary N) is 3. The lowest BCUT2D eigenvalue weighted by Crippen LogP contribution is -2.24. The first-order valence-corrected chi connectivity index (χ1v) is 6.01. The van der Waals surface area contributed by atoms with Crippen molar-refractivity contribution in [1.82, 2.24) is 15.6 Å². The lowest BCUT2D eigenvalue weighted by molar-refractivity contribution is 0.664. The third-order valence-electron chi connectivity index (χ3n) is 2.44. The van der Waals surface area contributed by atoms with Gasteiger partial charge in [0.1, 0.15) is 4.47 Å². The molecule has 86 valence electrons. The van der Waals surface area contributed by atoms with E-state index in [1.54, 1.807) is 6.20 Å². The van der Waals surface area contributed by atoms with E-state index in [2.05, 4.69) is 43.1 Å². The number of nitrogens with zero attached hydrogens (tertiary/aromatic N) is 1. The fraction of sp³-hybridized carbons (Fsp3) is 0.400. The predicted octanol–water partition coefficient (Wildman–Crippen LogP) is 1.91. The number of aromatic amines is 1. The molecule has 0 saturated carbocycles. The summed E-state index contributed by atoms with van der Waals surface area (Å²) in [6.07, 6.45) is 8.34. The maximum atomic E-state index is 11.2. The molecule has 0 spiro atoms. The van der Waals surface area contributed by atoms with Crippen LogP contribution in [0.1, 0.15) is 25.7 Å². The van der Waals surface area contributed by atoms with Gasteiger partial charge in [-0.2, -0.15) is 5.10 Å². The van der Waals surface area contributed by atoms with Crippen LogP contribution in [-0.2, 0) is 0 Å². The molecule has 0 aliphatic heterocycles. The largest absolute Gasteiger partial charge is 0.305 e. The van der Waals surface area contributed by atoms with Gasteiger partial charge in [-0.05, 0) is 41.6 Å². The zero-order chi connectivity index (χ0) is 11.4. The van der Waals surface area contributed by atoms with Gasteiger partial charge in [-0.25, -0.2) is 5.10 Å². The minimum absolute atomic E-state index is 0.246. The summed E-state index contributed by atoms with van der Waals surface area (Å²) >= 11 is 3.20. The topological polar surface area (TPSA) is 69.8 Å². The van der Waals surface area contributed by atoms with Crippen molar-refractivity contribution in [2.45, 2.75) is 25.7 Å². The third kappa shape index (κ3) is 2.63. The number of allylic oxidation sites excluding steroid dienone is 2. The fourth-order valence-electron chi connectivity index (χ4n) is 1.57. The summed E-state index contributed by atoms with van der Waals surface area (Å²) < 4.78 is 0.450. The number of halogens is 1. The minimum atomic E-state index is -0.246. The highest BCUT2D eigenvalue weighted by Gasteiger charge is 2.06. The van der Waals surface area contributed by atoms with E-state index in [1.165, 1.54) is 18.5 Å². The van der Waals surface area contributed by atoms with E-state index in [0.717, 1.165) is 12.8 Å². The van der Waals surface area contributed by atoms with Gasteiger partial charge in [-0.1, -0.05) is 6.08 Å². The number of hydrogen-bond acceptors (Lipinski definition) is 4. The molecular formula is C10H13BrN4O. The van der Waals surface area contributed by atoms with Gasteiger partial charge < -0.3 is 5.43 Å². The Morgan fingerprint density at radius 2 is 2.25 bits per heavy atom. The van der Waals surface area contributed by atoms with Crippen molar-refractivity contribution in [3.05, 3.63) is 32.8 Å². The highest BCUT2D eigenvalue weighted by molar-refractivity contribution is 9.10. The molecule has 0 bridgehead atoms. The molecule has 0 radical (unpaired) electrons. The Balaban J connectivity index is 2.02. The Hall–Kier alpha value is -1.30. The van der Waals surface area contributed by atoms with Crippen LogP contribution in [-0.4, -0.2) is 10.2 Å². The summed E-state index contributed by atoms with van der Waals surface area (Å²) in [5.41, 5.74) is 7.62. The van der Waals surface area contributed by atoms with Crippen LogP contribution >= 0.6 is 15.9 Å². The molecular weight excluding hydrogens is 272 g/mol. The first-order valence-electron chi connectivity index (χ1n) is 5.21. The van der Waals surface area contributed by atoms with Gasteiger partial charge in [-0.15, -0.1) is 0 Å².